The largest absolute Gasteiger partial charge is 0.0651 e. The van der Waals surface area contributed by atoms with E-state index in [0.717, 1.165) is 23.7 Å². The molecule has 0 amide bonds. The highest BCUT2D eigenvalue weighted by molar-refractivity contribution is 4.64. The molecule has 0 nitrogen and oxygen atoms in total. The molecule has 0 radical (unpaired) electrons. The summed E-state index contributed by atoms with van der Waals surface area (Å²) in [7, 11) is 0. The first-order valence-corrected chi connectivity index (χ1v) is 8.49. The molecule has 0 saturated carbocycles. The Morgan fingerprint density at radius 3 is 1.72 bits per heavy atom. The molecule has 0 N–H and O–H groups in total. The van der Waals surface area contributed by atoms with Crippen molar-refractivity contribution in [3.05, 3.63) is 0 Å². The van der Waals surface area contributed by atoms with E-state index in [4.69, 9.17) is 0 Å². The van der Waals surface area contributed by atoms with E-state index in [2.05, 4.69) is 41.5 Å². The third-order valence-electron chi connectivity index (χ3n) is 4.52. The zero-order valence-corrected chi connectivity index (χ0v) is 14.0. The van der Waals surface area contributed by atoms with Crippen molar-refractivity contribution in [2.45, 2.75) is 92.9 Å². The molecule has 0 heterocycles. The van der Waals surface area contributed by atoms with Crippen LogP contribution in [0.25, 0.3) is 0 Å². The van der Waals surface area contributed by atoms with Gasteiger partial charge in [0.1, 0.15) is 0 Å². The maximum atomic E-state index is 2.46. The van der Waals surface area contributed by atoms with Crippen LogP contribution in [-0.4, -0.2) is 0 Å². The van der Waals surface area contributed by atoms with E-state index in [1.807, 2.05) is 0 Å². The van der Waals surface area contributed by atoms with E-state index < -0.39 is 0 Å². The van der Waals surface area contributed by atoms with Crippen LogP contribution in [0.2, 0.25) is 0 Å². The second-order valence-corrected chi connectivity index (χ2v) is 7.03. The Labute approximate surface area is 117 Å². The predicted molar refractivity (Wildman–Crippen MR) is 84.9 cm³/mol. The summed E-state index contributed by atoms with van der Waals surface area (Å²) in [6.07, 6.45) is 11.4. The van der Waals surface area contributed by atoms with Crippen molar-refractivity contribution >= 4 is 0 Å². The molecule has 110 valence electrons. The lowest BCUT2D eigenvalue weighted by molar-refractivity contribution is 0.325. The minimum absolute atomic E-state index is 0.881. The highest BCUT2D eigenvalue weighted by atomic mass is 14.2. The van der Waals surface area contributed by atoms with E-state index in [-0.39, 0.29) is 0 Å². The average molecular weight is 255 g/mol. The summed E-state index contributed by atoms with van der Waals surface area (Å²) in [5.41, 5.74) is 0. The second-order valence-electron chi connectivity index (χ2n) is 7.03. The van der Waals surface area contributed by atoms with Gasteiger partial charge < -0.3 is 0 Å². The topological polar surface area (TPSA) is 0 Å². The van der Waals surface area contributed by atoms with Gasteiger partial charge in [-0.25, -0.2) is 0 Å². The van der Waals surface area contributed by atoms with E-state index in [1.165, 1.54) is 51.4 Å². The molecule has 0 bridgehead atoms. The van der Waals surface area contributed by atoms with Gasteiger partial charge in [-0.15, -0.1) is 0 Å². The molecule has 0 aromatic carbocycles. The molecule has 2 unspecified atom stereocenters. The zero-order chi connectivity index (χ0) is 14.0. The van der Waals surface area contributed by atoms with Crippen LogP contribution < -0.4 is 0 Å². The molecular weight excluding hydrogens is 216 g/mol. The van der Waals surface area contributed by atoms with Crippen molar-refractivity contribution in [2.75, 3.05) is 0 Å². The Morgan fingerprint density at radius 2 is 1.22 bits per heavy atom. The normalized spacial score (nSPS) is 15.3. The fourth-order valence-corrected chi connectivity index (χ4v) is 2.90. The second kappa shape index (κ2) is 10.9. The van der Waals surface area contributed by atoms with Gasteiger partial charge in [0.15, 0.2) is 0 Å². The average Bonchev–Trinajstić information content (AvgIpc) is 2.33. The summed E-state index contributed by atoms with van der Waals surface area (Å²) in [6.45, 7) is 14.3. The molecule has 0 aliphatic carbocycles. The number of hydrogen-bond donors (Lipinski definition) is 0. The summed E-state index contributed by atoms with van der Waals surface area (Å²) in [4.78, 5) is 0. The maximum Gasteiger partial charge on any atom is -0.0417 e. The van der Waals surface area contributed by atoms with Crippen molar-refractivity contribution in [3.8, 4) is 0 Å². The summed E-state index contributed by atoms with van der Waals surface area (Å²) in [6, 6.07) is 0. The van der Waals surface area contributed by atoms with Crippen LogP contribution in [0.1, 0.15) is 92.9 Å². The van der Waals surface area contributed by atoms with Crippen molar-refractivity contribution in [1.82, 2.24) is 0 Å². The van der Waals surface area contributed by atoms with Gasteiger partial charge in [-0.2, -0.15) is 0 Å². The Balaban J connectivity index is 3.61. The molecule has 0 aliphatic heterocycles. The number of rotatable bonds is 11. The maximum absolute atomic E-state index is 2.46. The van der Waals surface area contributed by atoms with Crippen LogP contribution in [0, 0.1) is 23.7 Å². The molecule has 0 saturated heterocycles. The summed E-state index contributed by atoms with van der Waals surface area (Å²) < 4.78 is 0. The van der Waals surface area contributed by atoms with E-state index >= 15 is 0 Å². The van der Waals surface area contributed by atoms with Gasteiger partial charge in [0.2, 0.25) is 0 Å². The monoisotopic (exact) mass is 254 g/mol. The third-order valence-corrected chi connectivity index (χ3v) is 4.52. The molecule has 2 atom stereocenters. The first-order valence-electron chi connectivity index (χ1n) is 8.49. The summed E-state index contributed by atoms with van der Waals surface area (Å²) in [5.74, 6) is 3.72. The molecule has 0 spiro atoms. The van der Waals surface area contributed by atoms with Gasteiger partial charge in [-0.3, -0.25) is 0 Å². The predicted octanol–water partition coefficient (Wildman–Crippen LogP) is 6.69. The first kappa shape index (κ1) is 18.0. The molecule has 0 aromatic heterocycles. The van der Waals surface area contributed by atoms with Gasteiger partial charge in [0, 0.05) is 0 Å². The Bertz CT molecular complexity index is 167. The van der Waals surface area contributed by atoms with Crippen LogP contribution in [-0.2, 0) is 0 Å². The van der Waals surface area contributed by atoms with Gasteiger partial charge in [-0.05, 0) is 30.1 Å². The van der Waals surface area contributed by atoms with Crippen LogP contribution in [0.3, 0.4) is 0 Å². The quantitative estimate of drug-likeness (QED) is 0.385. The van der Waals surface area contributed by atoms with E-state index in [1.54, 1.807) is 0 Å². The van der Waals surface area contributed by atoms with Crippen molar-refractivity contribution in [3.63, 3.8) is 0 Å². The summed E-state index contributed by atoms with van der Waals surface area (Å²) >= 11 is 0. The molecule has 18 heavy (non-hydrogen) atoms. The number of hydrogen-bond acceptors (Lipinski definition) is 0. The minimum atomic E-state index is 0.881. The van der Waals surface area contributed by atoms with Crippen LogP contribution in [0.15, 0.2) is 0 Å². The van der Waals surface area contributed by atoms with E-state index in [9.17, 15) is 0 Å². The van der Waals surface area contributed by atoms with Crippen molar-refractivity contribution < 1.29 is 0 Å². The minimum Gasteiger partial charge on any atom is -0.0651 e. The molecule has 0 aromatic rings. The molecule has 0 rings (SSSR count). The van der Waals surface area contributed by atoms with Crippen molar-refractivity contribution in [1.29, 1.82) is 0 Å². The van der Waals surface area contributed by atoms with Gasteiger partial charge in [0.25, 0.3) is 0 Å². The molecule has 0 heteroatoms. The Hall–Kier alpha value is 0. The lowest BCUT2D eigenvalue weighted by Gasteiger charge is -2.20. The van der Waals surface area contributed by atoms with Gasteiger partial charge in [-0.1, -0.05) is 86.5 Å². The van der Waals surface area contributed by atoms with Crippen LogP contribution in [0.5, 0.6) is 0 Å². The zero-order valence-electron chi connectivity index (χ0n) is 14.0. The Morgan fingerprint density at radius 1 is 0.667 bits per heavy atom. The van der Waals surface area contributed by atoms with Gasteiger partial charge >= 0.3 is 0 Å². The van der Waals surface area contributed by atoms with E-state index in [0.29, 0.717) is 0 Å². The fraction of sp³-hybridized carbons (Fsp3) is 1.00. The highest BCUT2D eigenvalue weighted by Gasteiger charge is 2.11. The molecular formula is C18H38. The lowest BCUT2D eigenvalue weighted by atomic mass is 9.86. The standard InChI is InChI=1S/C18H38/c1-7-18(8-2)14-17(6)13-12-16(5)11-9-10-15(3)4/h15-18H,7-14H2,1-6H3. The highest BCUT2D eigenvalue weighted by Crippen LogP contribution is 2.25. The fourth-order valence-electron chi connectivity index (χ4n) is 2.90. The molecule has 0 fully saturated rings. The summed E-state index contributed by atoms with van der Waals surface area (Å²) in [5, 5.41) is 0. The SMILES string of the molecule is CCC(CC)CC(C)CCC(C)CCCC(C)C. The molecule has 0 aliphatic rings. The van der Waals surface area contributed by atoms with Crippen LogP contribution >= 0.6 is 0 Å². The third kappa shape index (κ3) is 9.97. The Kier molecular flexibility index (Phi) is 10.9. The smallest absolute Gasteiger partial charge is 0.0417 e. The van der Waals surface area contributed by atoms with Gasteiger partial charge in [0.05, 0.1) is 0 Å². The lowest BCUT2D eigenvalue weighted by Crippen LogP contribution is -2.07. The first-order chi connectivity index (χ1) is 8.49. The van der Waals surface area contributed by atoms with Crippen LogP contribution in [0.4, 0.5) is 0 Å². The van der Waals surface area contributed by atoms with Crippen molar-refractivity contribution in [2.24, 2.45) is 23.7 Å².